The standard InChI is InChI=1S/C14H19N3O2S/c18-12-3-1-5-16(12)8-6-15-7-9-17(13(19)11-15)14-4-2-10-20-14/h2,4,10H,1,3,5-9,11H2. The molecule has 1 aromatic rings. The zero-order chi connectivity index (χ0) is 13.9. The third-order valence-electron chi connectivity index (χ3n) is 3.93. The Morgan fingerprint density at radius 1 is 1.10 bits per heavy atom. The molecule has 0 saturated carbocycles. The summed E-state index contributed by atoms with van der Waals surface area (Å²) in [4.78, 5) is 29.7. The predicted octanol–water partition coefficient (Wildman–Crippen LogP) is 1.02. The molecule has 2 saturated heterocycles. The van der Waals surface area contributed by atoms with Gasteiger partial charge in [0.1, 0.15) is 0 Å². The fourth-order valence-electron chi connectivity index (χ4n) is 2.77. The zero-order valence-corrected chi connectivity index (χ0v) is 12.3. The quantitative estimate of drug-likeness (QED) is 0.832. The molecule has 2 aliphatic rings. The van der Waals surface area contributed by atoms with Crippen LogP contribution in [0.4, 0.5) is 5.00 Å². The first-order chi connectivity index (χ1) is 9.74. The van der Waals surface area contributed by atoms with Crippen molar-refractivity contribution in [1.82, 2.24) is 9.80 Å². The summed E-state index contributed by atoms with van der Waals surface area (Å²) in [5, 5.41) is 3.03. The Hall–Kier alpha value is -1.40. The van der Waals surface area contributed by atoms with Crippen LogP contribution >= 0.6 is 11.3 Å². The zero-order valence-electron chi connectivity index (χ0n) is 11.5. The maximum atomic E-state index is 12.2. The fourth-order valence-corrected chi connectivity index (χ4v) is 3.55. The molecule has 2 aliphatic heterocycles. The highest BCUT2D eigenvalue weighted by molar-refractivity contribution is 7.14. The minimum absolute atomic E-state index is 0.159. The Morgan fingerprint density at radius 2 is 2.00 bits per heavy atom. The molecule has 6 heteroatoms. The van der Waals surface area contributed by atoms with E-state index in [0.717, 1.165) is 44.1 Å². The van der Waals surface area contributed by atoms with Crippen LogP contribution in [0.3, 0.4) is 0 Å². The SMILES string of the molecule is O=C1CCCN1CCN1CCN(c2cccs2)C(=O)C1. The molecule has 3 rings (SSSR count). The fraction of sp³-hybridized carbons (Fsp3) is 0.571. The van der Waals surface area contributed by atoms with E-state index in [1.807, 2.05) is 27.3 Å². The third-order valence-corrected chi connectivity index (χ3v) is 4.82. The van der Waals surface area contributed by atoms with Gasteiger partial charge in [-0.25, -0.2) is 0 Å². The molecule has 1 aromatic heterocycles. The molecule has 2 amide bonds. The molecular formula is C14H19N3O2S. The first-order valence-corrected chi connectivity index (χ1v) is 7.96. The van der Waals surface area contributed by atoms with Gasteiger partial charge in [-0.3, -0.25) is 14.5 Å². The minimum Gasteiger partial charge on any atom is -0.341 e. The maximum absolute atomic E-state index is 12.2. The van der Waals surface area contributed by atoms with Gasteiger partial charge in [0, 0.05) is 39.1 Å². The lowest BCUT2D eigenvalue weighted by molar-refractivity contribution is -0.127. The molecule has 108 valence electrons. The molecule has 3 heterocycles. The van der Waals surface area contributed by atoms with E-state index in [9.17, 15) is 9.59 Å². The molecule has 0 aromatic carbocycles. The number of thiophene rings is 1. The van der Waals surface area contributed by atoms with E-state index in [2.05, 4.69) is 4.90 Å². The molecular weight excluding hydrogens is 274 g/mol. The highest BCUT2D eigenvalue weighted by Gasteiger charge is 2.27. The highest BCUT2D eigenvalue weighted by Crippen LogP contribution is 2.23. The van der Waals surface area contributed by atoms with Crippen LogP contribution in [0, 0.1) is 0 Å². The van der Waals surface area contributed by atoms with Crippen molar-refractivity contribution in [2.45, 2.75) is 12.8 Å². The average Bonchev–Trinajstić information content (AvgIpc) is 3.08. The second kappa shape index (κ2) is 5.93. The number of rotatable bonds is 4. The second-order valence-electron chi connectivity index (χ2n) is 5.26. The number of carbonyl (C=O) groups excluding carboxylic acids is 2. The van der Waals surface area contributed by atoms with Crippen molar-refractivity contribution in [2.24, 2.45) is 0 Å². The second-order valence-corrected chi connectivity index (χ2v) is 6.18. The molecule has 5 nitrogen and oxygen atoms in total. The van der Waals surface area contributed by atoms with Crippen molar-refractivity contribution in [3.05, 3.63) is 17.5 Å². The Balaban J connectivity index is 1.50. The summed E-state index contributed by atoms with van der Waals surface area (Å²) < 4.78 is 0. The lowest BCUT2D eigenvalue weighted by Gasteiger charge is -2.34. The number of carbonyl (C=O) groups is 2. The summed E-state index contributed by atoms with van der Waals surface area (Å²) in [6.45, 7) is 4.52. The number of nitrogens with zero attached hydrogens (tertiary/aromatic N) is 3. The molecule has 2 fully saturated rings. The molecule has 0 N–H and O–H groups in total. The van der Waals surface area contributed by atoms with Crippen LogP contribution < -0.4 is 4.90 Å². The van der Waals surface area contributed by atoms with E-state index in [0.29, 0.717) is 13.0 Å². The lowest BCUT2D eigenvalue weighted by atomic mass is 10.3. The van der Waals surface area contributed by atoms with Gasteiger partial charge < -0.3 is 9.80 Å². The summed E-state index contributed by atoms with van der Waals surface area (Å²) in [6, 6.07) is 3.96. The predicted molar refractivity (Wildman–Crippen MR) is 78.9 cm³/mol. The molecule has 0 radical (unpaired) electrons. The van der Waals surface area contributed by atoms with Crippen molar-refractivity contribution in [3.63, 3.8) is 0 Å². The smallest absolute Gasteiger partial charge is 0.241 e. The van der Waals surface area contributed by atoms with E-state index in [1.54, 1.807) is 11.3 Å². The third kappa shape index (κ3) is 2.86. The Labute approximate surface area is 122 Å². The van der Waals surface area contributed by atoms with Crippen molar-refractivity contribution < 1.29 is 9.59 Å². The molecule has 0 aliphatic carbocycles. The Morgan fingerprint density at radius 3 is 2.65 bits per heavy atom. The van der Waals surface area contributed by atoms with Gasteiger partial charge in [-0.05, 0) is 23.9 Å². The molecule has 0 atom stereocenters. The first kappa shape index (κ1) is 13.6. The number of piperazine rings is 1. The van der Waals surface area contributed by atoms with Gasteiger partial charge in [0.25, 0.3) is 0 Å². The monoisotopic (exact) mass is 293 g/mol. The lowest BCUT2D eigenvalue weighted by Crippen LogP contribution is -2.51. The van der Waals surface area contributed by atoms with Gasteiger partial charge in [0.2, 0.25) is 11.8 Å². The van der Waals surface area contributed by atoms with Crippen molar-refractivity contribution >= 4 is 28.2 Å². The van der Waals surface area contributed by atoms with E-state index in [-0.39, 0.29) is 11.8 Å². The van der Waals surface area contributed by atoms with Crippen LogP contribution in [0.5, 0.6) is 0 Å². The Kier molecular flexibility index (Phi) is 4.03. The molecule has 20 heavy (non-hydrogen) atoms. The van der Waals surface area contributed by atoms with Crippen LogP contribution in [0.1, 0.15) is 12.8 Å². The summed E-state index contributed by atoms with van der Waals surface area (Å²) >= 11 is 1.60. The molecule has 0 unspecified atom stereocenters. The summed E-state index contributed by atoms with van der Waals surface area (Å²) in [6.07, 6.45) is 1.66. The van der Waals surface area contributed by atoms with E-state index in [1.165, 1.54) is 0 Å². The number of anilines is 1. The number of amides is 2. The normalized spacial score (nSPS) is 21.0. The Bertz CT molecular complexity index is 489. The first-order valence-electron chi connectivity index (χ1n) is 7.08. The van der Waals surface area contributed by atoms with E-state index >= 15 is 0 Å². The maximum Gasteiger partial charge on any atom is 0.241 e. The summed E-state index contributed by atoms with van der Waals surface area (Å²) in [5.74, 6) is 0.417. The van der Waals surface area contributed by atoms with Crippen LogP contribution in [-0.2, 0) is 9.59 Å². The van der Waals surface area contributed by atoms with Gasteiger partial charge in [0.15, 0.2) is 0 Å². The summed E-state index contributed by atoms with van der Waals surface area (Å²) in [7, 11) is 0. The molecule has 0 spiro atoms. The largest absolute Gasteiger partial charge is 0.341 e. The average molecular weight is 293 g/mol. The van der Waals surface area contributed by atoms with Gasteiger partial charge in [-0.2, -0.15) is 0 Å². The van der Waals surface area contributed by atoms with Crippen LogP contribution in [0.25, 0.3) is 0 Å². The van der Waals surface area contributed by atoms with Gasteiger partial charge in [0.05, 0.1) is 11.5 Å². The summed E-state index contributed by atoms with van der Waals surface area (Å²) in [5.41, 5.74) is 0. The highest BCUT2D eigenvalue weighted by atomic mass is 32.1. The number of hydrogen-bond acceptors (Lipinski definition) is 4. The van der Waals surface area contributed by atoms with Crippen LogP contribution in [0.15, 0.2) is 17.5 Å². The number of hydrogen-bond donors (Lipinski definition) is 0. The number of likely N-dealkylation sites (tertiary alicyclic amines) is 1. The van der Waals surface area contributed by atoms with E-state index in [4.69, 9.17) is 0 Å². The van der Waals surface area contributed by atoms with Crippen LogP contribution in [-0.4, -0.2) is 60.9 Å². The van der Waals surface area contributed by atoms with Gasteiger partial charge in [-0.1, -0.05) is 0 Å². The van der Waals surface area contributed by atoms with Gasteiger partial charge >= 0.3 is 0 Å². The van der Waals surface area contributed by atoms with Gasteiger partial charge in [-0.15, -0.1) is 11.3 Å². The molecule has 0 bridgehead atoms. The van der Waals surface area contributed by atoms with Crippen molar-refractivity contribution in [2.75, 3.05) is 44.2 Å². The van der Waals surface area contributed by atoms with Crippen molar-refractivity contribution in [3.8, 4) is 0 Å². The van der Waals surface area contributed by atoms with Crippen molar-refractivity contribution in [1.29, 1.82) is 0 Å². The van der Waals surface area contributed by atoms with E-state index < -0.39 is 0 Å². The van der Waals surface area contributed by atoms with Crippen LogP contribution in [0.2, 0.25) is 0 Å². The minimum atomic E-state index is 0.159. The topological polar surface area (TPSA) is 43.9 Å².